The number of nitrogens with zero attached hydrogens (tertiary/aromatic N) is 1. The molecule has 0 aliphatic carbocycles. The van der Waals surface area contributed by atoms with Crippen LogP contribution in [0.3, 0.4) is 0 Å². The summed E-state index contributed by atoms with van der Waals surface area (Å²) in [7, 11) is 0. The first kappa shape index (κ1) is 15.9. The molecule has 0 aliphatic heterocycles. The number of aromatic amines is 1. The summed E-state index contributed by atoms with van der Waals surface area (Å²) in [6.45, 7) is 0. The van der Waals surface area contributed by atoms with Gasteiger partial charge in [-0.05, 0) is 48.5 Å². The summed E-state index contributed by atoms with van der Waals surface area (Å²) in [5.41, 5.74) is 6.02. The molecule has 0 unspecified atom stereocenters. The fourth-order valence-electron chi connectivity index (χ4n) is 3.76. The molecule has 0 fully saturated rings. The van der Waals surface area contributed by atoms with E-state index < -0.39 is 0 Å². The van der Waals surface area contributed by atoms with Crippen LogP contribution < -0.4 is 0 Å². The number of rotatable bonds is 1. The fourth-order valence-corrected chi connectivity index (χ4v) is 6.13. The third-order valence-electron chi connectivity index (χ3n) is 5.03. The number of H-pyrrole nitrogens is 1. The maximum atomic E-state index is 3.62. The number of aromatic nitrogens is 2. The van der Waals surface area contributed by atoms with E-state index in [1.54, 1.807) is 0 Å². The van der Waals surface area contributed by atoms with E-state index in [-0.39, 0.29) is 0 Å². The molecule has 134 valence electrons. The van der Waals surface area contributed by atoms with E-state index in [4.69, 9.17) is 0 Å². The van der Waals surface area contributed by atoms with Crippen LogP contribution in [0.15, 0.2) is 91.0 Å². The van der Waals surface area contributed by atoms with Crippen molar-refractivity contribution in [3.05, 3.63) is 91.0 Å². The normalized spacial score (nSPS) is 11.6. The highest BCUT2D eigenvalue weighted by molar-refractivity contribution is 7.31. The number of para-hydroxylation sites is 3. The third-order valence-corrected chi connectivity index (χ3v) is 7.55. The molecule has 6 aromatic rings. The molecule has 0 bridgehead atoms. The van der Waals surface area contributed by atoms with Gasteiger partial charge in [0.05, 0.1) is 40.9 Å². The Balaban J connectivity index is 1.84. The van der Waals surface area contributed by atoms with Gasteiger partial charge in [-0.25, -0.2) is 0 Å². The highest BCUT2D eigenvalue weighted by Gasteiger charge is 2.12. The summed E-state index contributed by atoms with van der Waals surface area (Å²) in [4.78, 5) is 3.62. The molecule has 2 heterocycles. The predicted molar refractivity (Wildman–Crippen MR) is 124 cm³/mol. The average Bonchev–Trinajstić information content (AvgIpc) is 2.76. The van der Waals surface area contributed by atoms with Crippen LogP contribution in [0.2, 0.25) is 0 Å². The number of benzene rings is 4. The minimum absolute atomic E-state index is 1.18. The minimum atomic E-state index is 1.18. The second-order valence-corrected chi connectivity index (χ2v) is 8.86. The topological polar surface area (TPSA) is 20.7 Å². The summed E-state index contributed by atoms with van der Waals surface area (Å²) in [6.07, 6.45) is 0. The van der Waals surface area contributed by atoms with Crippen molar-refractivity contribution in [2.45, 2.75) is 0 Å². The van der Waals surface area contributed by atoms with Crippen LogP contribution in [0.5, 0.6) is 0 Å². The van der Waals surface area contributed by atoms with Crippen molar-refractivity contribution >= 4 is 63.5 Å². The van der Waals surface area contributed by atoms with Gasteiger partial charge in [0.15, 0.2) is 0 Å². The van der Waals surface area contributed by atoms with Crippen LogP contribution in [0, 0.1) is 0 Å². The van der Waals surface area contributed by atoms with Crippen molar-refractivity contribution in [1.82, 2.24) is 9.55 Å². The molecule has 2 nitrogen and oxygen atoms in total. The Hall–Kier alpha value is -3.08. The van der Waals surface area contributed by atoms with Gasteiger partial charge in [0.2, 0.25) is 0 Å². The molecule has 0 spiro atoms. The van der Waals surface area contributed by atoms with Gasteiger partial charge in [-0.2, -0.15) is 0 Å². The van der Waals surface area contributed by atoms with Gasteiger partial charge >= 0.3 is 0 Å². The van der Waals surface area contributed by atoms with E-state index in [9.17, 15) is 0 Å². The van der Waals surface area contributed by atoms with Crippen LogP contribution in [0.1, 0.15) is 0 Å². The van der Waals surface area contributed by atoms with Gasteiger partial charge < -0.3 is 9.55 Å². The molecule has 0 amide bonds. The standard InChI is InChI=1S/C24H16N2S2/c1-2-8-16(9-3-1)26-19-11-5-7-13-22(19)28-24-20(26)15-14-18-23(24)27-21-12-6-4-10-17(21)25-18/h1-15,25H. The Morgan fingerprint density at radius 2 is 1.25 bits per heavy atom. The Morgan fingerprint density at radius 3 is 2.14 bits per heavy atom. The highest BCUT2D eigenvalue weighted by Crippen LogP contribution is 2.38. The smallest absolute Gasteiger partial charge is 0.0711 e. The van der Waals surface area contributed by atoms with E-state index in [0.29, 0.717) is 0 Å². The molecule has 1 N–H and O–H groups in total. The second kappa shape index (κ2) is 6.23. The summed E-state index contributed by atoms with van der Waals surface area (Å²) in [5, 5.41) is 0. The summed E-state index contributed by atoms with van der Waals surface area (Å²) >= 11 is 3.73. The number of hydrogen-bond donors (Lipinski definition) is 1. The lowest BCUT2D eigenvalue weighted by Crippen LogP contribution is -1.98. The molecular weight excluding hydrogens is 380 g/mol. The van der Waals surface area contributed by atoms with Crippen LogP contribution in [-0.4, -0.2) is 9.55 Å². The molecule has 0 atom stereocenters. The van der Waals surface area contributed by atoms with Crippen molar-refractivity contribution in [2.24, 2.45) is 0 Å². The molecule has 4 heteroatoms. The lowest BCUT2D eigenvalue weighted by atomic mass is 10.2. The molecule has 4 aromatic carbocycles. The van der Waals surface area contributed by atoms with Crippen molar-refractivity contribution in [1.29, 1.82) is 0 Å². The van der Waals surface area contributed by atoms with E-state index in [1.165, 1.54) is 46.6 Å². The van der Waals surface area contributed by atoms with E-state index >= 15 is 0 Å². The SMILES string of the molecule is c1ccc(-n2c3ccccc3sc3c4sc5ccccc5[nH]c4ccc32)cc1. The average molecular weight is 397 g/mol. The Kier molecular flexibility index (Phi) is 3.54. The largest absolute Gasteiger partial charge is 0.353 e. The summed E-state index contributed by atoms with van der Waals surface area (Å²) < 4.78 is 7.55. The maximum Gasteiger partial charge on any atom is 0.0711 e. The van der Waals surface area contributed by atoms with Gasteiger partial charge in [-0.15, -0.1) is 22.7 Å². The van der Waals surface area contributed by atoms with Gasteiger partial charge in [0.1, 0.15) is 0 Å². The Morgan fingerprint density at radius 1 is 0.536 bits per heavy atom. The maximum absolute atomic E-state index is 3.62. The highest BCUT2D eigenvalue weighted by atomic mass is 32.1. The zero-order valence-corrected chi connectivity index (χ0v) is 16.6. The minimum Gasteiger partial charge on any atom is -0.353 e. The van der Waals surface area contributed by atoms with Crippen molar-refractivity contribution in [3.63, 3.8) is 0 Å². The van der Waals surface area contributed by atoms with Crippen molar-refractivity contribution in [2.75, 3.05) is 0 Å². The zero-order valence-electron chi connectivity index (χ0n) is 14.9. The molecule has 28 heavy (non-hydrogen) atoms. The Labute approximate surface area is 169 Å². The first-order valence-corrected chi connectivity index (χ1v) is 10.8. The van der Waals surface area contributed by atoms with E-state index in [1.807, 2.05) is 22.7 Å². The van der Waals surface area contributed by atoms with Gasteiger partial charge in [-0.3, -0.25) is 0 Å². The van der Waals surface area contributed by atoms with E-state index in [2.05, 4.69) is 101 Å². The van der Waals surface area contributed by atoms with Crippen LogP contribution in [0.25, 0.3) is 46.6 Å². The monoisotopic (exact) mass is 396 g/mol. The van der Waals surface area contributed by atoms with Crippen LogP contribution >= 0.6 is 22.7 Å². The van der Waals surface area contributed by atoms with Crippen molar-refractivity contribution < 1.29 is 0 Å². The predicted octanol–water partition coefficient (Wildman–Crippen LogP) is 7.67. The Bertz CT molecular complexity index is 1510. The lowest BCUT2D eigenvalue weighted by molar-refractivity contribution is 1.17. The molecule has 0 saturated heterocycles. The second-order valence-electron chi connectivity index (χ2n) is 6.75. The fraction of sp³-hybridized carbons (Fsp3) is 0. The number of nitrogens with one attached hydrogen (secondary N) is 1. The molecule has 0 radical (unpaired) electrons. The van der Waals surface area contributed by atoms with Gasteiger partial charge in [-0.1, -0.05) is 42.5 Å². The molecule has 0 aliphatic rings. The zero-order chi connectivity index (χ0) is 18.5. The number of hydrogen-bond acceptors (Lipinski definition) is 2. The lowest BCUT2D eigenvalue weighted by Gasteiger charge is -2.16. The van der Waals surface area contributed by atoms with Gasteiger partial charge in [0, 0.05) is 5.69 Å². The molecule has 6 rings (SSSR count). The summed E-state index contributed by atoms with van der Waals surface area (Å²) in [5.74, 6) is 0. The van der Waals surface area contributed by atoms with Crippen LogP contribution in [0.4, 0.5) is 0 Å². The molecule has 0 saturated carbocycles. The van der Waals surface area contributed by atoms with Crippen LogP contribution in [-0.2, 0) is 0 Å². The molecule has 2 aromatic heterocycles. The molecular formula is C24H16N2S2. The first-order valence-electron chi connectivity index (χ1n) is 9.21. The third kappa shape index (κ3) is 2.39. The quantitative estimate of drug-likeness (QED) is 0.217. The summed E-state index contributed by atoms with van der Waals surface area (Å²) in [6, 6.07) is 32.3. The first-order chi connectivity index (χ1) is 13.9. The number of fused-ring (bicyclic) bond motifs is 5. The van der Waals surface area contributed by atoms with Gasteiger partial charge in [0.25, 0.3) is 0 Å². The van der Waals surface area contributed by atoms with E-state index in [0.717, 1.165) is 0 Å². The van der Waals surface area contributed by atoms with Crippen molar-refractivity contribution in [3.8, 4) is 5.69 Å².